The minimum absolute atomic E-state index is 0.0291. The molecule has 1 aliphatic rings. The summed E-state index contributed by atoms with van der Waals surface area (Å²) in [6.07, 6.45) is 6.35. The highest BCUT2D eigenvalue weighted by Crippen LogP contribution is 2.37. The normalized spacial score (nSPS) is 28.9. The largest absolute Gasteiger partial charge is 0.349 e. The summed E-state index contributed by atoms with van der Waals surface area (Å²) in [6.45, 7) is 3.94. The molecule has 3 unspecified atom stereocenters. The predicted molar refractivity (Wildman–Crippen MR) is 70.7 cm³/mol. The SMILES string of the molecule is CC(NC(=O)C1(C)CCCC1N)c1cccnc1. The number of carbonyl (C=O) groups excluding carboxylic acids is 1. The van der Waals surface area contributed by atoms with Crippen LogP contribution in [-0.4, -0.2) is 16.9 Å². The van der Waals surface area contributed by atoms with Gasteiger partial charge in [-0.3, -0.25) is 9.78 Å². The van der Waals surface area contributed by atoms with Crippen molar-refractivity contribution in [2.45, 2.75) is 45.2 Å². The maximum atomic E-state index is 12.3. The van der Waals surface area contributed by atoms with Crippen molar-refractivity contribution in [1.82, 2.24) is 10.3 Å². The average Bonchev–Trinajstić information content (AvgIpc) is 2.72. The third-order valence-electron chi connectivity index (χ3n) is 4.08. The van der Waals surface area contributed by atoms with Gasteiger partial charge in [0.2, 0.25) is 5.91 Å². The van der Waals surface area contributed by atoms with Crippen molar-refractivity contribution >= 4 is 5.91 Å². The molecule has 4 heteroatoms. The number of rotatable bonds is 3. The second kappa shape index (κ2) is 5.06. The van der Waals surface area contributed by atoms with E-state index in [1.807, 2.05) is 26.0 Å². The number of nitrogens with two attached hydrogens (primary N) is 1. The molecule has 0 aliphatic heterocycles. The number of nitrogens with one attached hydrogen (secondary N) is 1. The van der Waals surface area contributed by atoms with Crippen LogP contribution in [-0.2, 0) is 4.79 Å². The Balaban J connectivity index is 2.04. The number of nitrogens with zero attached hydrogens (tertiary/aromatic N) is 1. The number of hydrogen-bond donors (Lipinski definition) is 2. The molecule has 1 heterocycles. The Morgan fingerprint density at radius 3 is 3.00 bits per heavy atom. The van der Waals surface area contributed by atoms with Crippen LogP contribution in [0.2, 0.25) is 0 Å². The molecule has 4 nitrogen and oxygen atoms in total. The van der Waals surface area contributed by atoms with Crippen LogP contribution in [0.1, 0.15) is 44.7 Å². The summed E-state index contributed by atoms with van der Waals surface area (Å²) < 4.78 is 0. The lowest BCUT2D eigenvalue weighted by atomic mass is 9.84. The van der Waals surface area contributed by atoms with Gasteiger partial charge >= 0.3 is 0 Å². The summed E-state index contributed by atoms with van der Waals surface area (Å²) >= 11 is 0. The minimum Gasteiger partial charge on any atom is -0.349 e. The highest BCUT2D eigenvalue weighted by Gasteiger charge is 2.43. The van der Waals surface area contributed by atoms with Crippen molar-refractivity contribution in [2.75, 3.05) is 0 Å². The Morgan fingerprint density at radius 2 is 2.44 bits per heavy atom. The third-order valence-corrected chi connectivity index (χ3v) is 4.08. The van der Waals surface area contributed by atoms with Gasteiger partial charge in [0, 0.05) is 18.4 Å². The van der Waals surface area contributed by atoms with E-state index in [0.717, 1.165) is 24.8 Å². The van der Waals surface area contributed by atoms with Gasteiger partial charge in [0.15, 0.2) is 0 Å². The fourth-order valence-corrected chi connectivity index (χ4v) is 2.55. The molecule has 1 aromatic rings. The first-order valence-corrected chi connectivity index (χ1v) is 6.50. The molecular weight excluding hydrogens is 226 g/mol. The summed E-state index contributed by atoms with van der Waals surface area (Å²) in [7, 11) is 0. The lowest BCUT2D eigenvalue weighted by Gasteiger charge is -2.29. The first-order valence-electron chi connectivity index (χ1n) is 6.50. The smallest absolute Gasteiger partial charge is 0.227 e. The Morgan fingerprint density at radius 1 is 1.67 bits per heavy atom. The second-order valence-electron chi connectivity index (χ2n) is 5.40. The van der Waals surface area contributed by atoms with E-state index in [2.05, 4.69) is 10.3 Å². The lowest BCUT2D eigenvalue weighted by molar-refractivity contribution is -0.131. The van der Waals surface area contributed by atoms with Gasteiger partial charge < -0.3 is 11.1 Å². The number of amides is 1. The number of carbonyl (C=O) groups is 1. The Kier molecular flexibility index (Phi) is 3.66. The zero-order valence-electron chi connectivity index (χ0n) is 11.0. The zero-order valence-corrected chi connectivity index (χ0v) is 11.0. The van der Waals surface area contributed by atoms with Crippen LogP contribution in [0.4, 0.5) is 0 Å². The maximum Gasteiger partial charge on any atom is 0.227 e. The molecule has 0 spiro atoms. The Hall–Kier alpha value is -1.42. The van der Waals surface area contributed by atoms with Crippen molar-refractivity contribution in [1.29, 1.82) is 0 Å². The van der Waals surface area contributed by atoms with Crippen LogP contribution in [0.25, 0.3) is 0 Å². The Labute approximate surface area is 108 Å². The molecule has 0 radical (unpaired) electrons. The van der Waals surface area contributed by atoms with Crippen molar-refractivity contribution in [3.63, 3.8) is 0 Å². The summed E-state index contributed by atoms with van der Waals surface area (Å²) in [5, 5.41) is 3.05. The van der Waals surface area contributed by atoms with E-state index in [1.54, 1.807) is 12.4 Å². The van der Waals surface area contributed by atoms with Crippen molar-refractivity contribution in [2.24, 2.45) is 11.1 Å². The number of aromatic nitrogens is 1. The molecule has 3 atom stereocenters. The van der Waals surface area contributed by atoms with Gasteiger partial charge in [0.25, 0.3) is 0 Å². The lowest BCUT2D eigenvalue weighted by Crippen LogP contribution is -2.47. The molecule has 3 N–H and O–H groups in total. The first kappa shape index (κ1) is 13.0. The average molecular weight is 247 g/mol. The van der Waals surface area contributed by atoms with E-state index >= 15 is 0 Å². The fourth-order valence-electron chi connectivity index (χ4n) is 2.55. The highest BCUT2D eigenvalue weighted by molar-refractivity contribution is 5.83. The predicted octanol–water partition coefficient (Wildman–Crippen LogP) is 1.78. The van der Waals surface area contributed by atoms with E-state index in [1.165, 1.54) is 0 Å². The van der Waals surface area contributed by atoms with Crippen LogP contribution in [0.3, 0.4) is 0 Å². The molecule has 1 aromatic heterocycles. The summed E-state index contributed by atoms with van der Waals surface area (Å²) in [4.78, 5) is 16.4. The number of pyridine rings is 1. The molecular formula is C14H21N3O. The van der Waals surface area contributed by atoms with Crippen LogP contribution in [0.5, 0.6) is 0 Å². The van der Waals surface area contributed by atoms with Gasteiger partial charge in [-0.2, -0.15) is 0 Å². The molecule has 1 saturated carbocycles. The highest BCUT2D eigenvalue weighted by atomic mass is 16.2. The quantitative estimate of drug-likeness (QED) is 0.855. The van der Waals surface area contributed by atoms with Gasteiger partial charge in [-0.25, -0.2) is 0 Å². The molecule has 18 heavy (non-hydrogen) atoms. The summed E-state index contributed by atoms with van der Waals surface area (Å²) in [5.74, 6) is 0.0591. The first-order chi connectivity index (χ1) is 8.54. The fraction of sp³-hybridized carbons (Fsp3) is 0.571. The van der Waals surface area contributed by atoms with Gasteiger partial charge in [0.05, 0.1) is 11.5 Å². The van der Waals surface area contributed by atoms with E-state index in [4.69, 9.17) is 5.73 Å². The number of hydrogen-bond acceptors (Lipinski definition) is 3. The summed E-state index contributed by atoms with van der Waals surface area (Å²) in [5.41, 5.74) is 6.65. The topological polar surface area (TPSA) is 68.0 Å². The monoisotopic (exact) mass is 247 g/mol. The molecule has 1 fully saturated rings. The molecule has 0 saturated heterocycles. The molecule has 0 bridgehead atoms. The standard InChI is InChI=1S/C14H21N3O/c1-10(11-5-4-8-16-9-11)17-13(18)14(2)7-3-6-12(14)15/h4-5,8-10,12H,3,6-7,15H2,1-2H3,(H,17,18). The molecule has 0 aromatic carbocycles. The van der Waals surface area contributed by atoms with Crippen molar-refractivity contribution < 1.29 is 4.79 Å². The van der Waals surface area contributed by atoms with E-state index in [-0.39, 0.29) is 18.0 Å². The maximum absolute atomic E-state index is 12.3. The molecule has 98 valence electrons. The minimum atomic E-state index is -0.420. The third kappa shape index (κ3) is 2.38. The van der Waals surface area contributed by atoms with E-state index in [9.17, 15) is 4.79 Å². The van der Waals surface area contributed by atoms with Crippen LogP contribution in [0, 0.1) is 5.41 Å². The van der Waals surface area contributed by atoms with E-state index < -0.39 is 5.41 Å². The van der Waals surface area contributed by atoms with Gasteiger partial charge in [0.1, 0.15) is 0 Å². The zero-order chi connectivity index (χ0) is 13.2. The van der Waals surface area contributed by atoms with Crippen molar-refractivity contribution in [3.05, 3.63) is 30.1 Å². The molecule has 2 rings (SSSR count). The van der Waals surface area contributed by atoms with Crippen molar-refractivity contribution in [3.8, 4) is 0 Å². The van der Waals surface area contributed by atoms with Gasteiger partial charge in [-0.1, -0.05) is 12.5 Å². The van der Waals surface area contributed by atoms with Crippen LogP contribution < -0.4 is 11.1 Å². The molecule has 1 aliphatic carbocycles. The van der Waals surface area contributed by atoms with Gasteiger partial charge in [-0.15, -0.1) is 0 Å². The van der Waals surface area contributed by atoms with Crippen LogP contribution in [0.15, 0.2) is 24.5 Å². The second-order valence-corrected chi connectivity index (χ2v) is 5.40. The Bertz CT molecular complexity index is 420. The molecule has 1 amide bonds. The van der Waals surface area contributed by atoms with Gasteiger partial charge in [-0.05, 0) is 38.3 Å². The van der Waals surface area contributed by atoms with E-state index in [0.29, 0.717) is 0 Å². The summed E-state index contributed by atoms with van der Waals surface area (Å²) in [6, 6.07) is 3.78. The van der Waals surface area contributed by atoms with Crippen LogP contribution >= 0.6 is 0 Å².